The van der Waals surface area contributed by atoms with Crippen molar-refractivity contribution >= 4 is 39.9 Å². The van der Waals surface area contributed by atoms with E-state index >= 15 is 0 Å². The number of hydrogen-bond acceptors (Lipinski definition) is 6. The highest BCUT2D eigenvalue weighted by Gasteiger charge is 2.72. The van der Waals surface area contributed by atoms with Gasteiger partial charge in [0.1, 0.15) is 10.8 Å². The van der Waals surface area contributed by atoms with Crippen molar-refractivity contribution in [3.8, 4) is 11.1 Å². The van der Waals surface area contributed by atoms with Crippen molar-refractivity contribution in [1.82, 2.24) is 25.1 Å². The summed E-state index contributed by atoms with van der Waals surface area (Å²) in [5.41, 5.74) is -0.151. The van der Waals surface area contributed by atoms with Gasteiger partial charge >= 0.3 is 6.18 Å². The minimum atomic E-state index is -4.61. The van der Waals surface area contributed by atoms with Crippen molar-refractivity contribution in [3.63, 3.8) is 0 Å². The van der Waals surface area contributed by atoms with Crippen molar-refractivity contribution in [1.29, 1.82) is 0 Å². The lowest BCUT2D eigenvalue weighted by Crippen LogP contribution is -2.67. The molecule has 8 nitrogen and oxygen atoms in total. The van der Waals surface area contributed by atoms with Crippen LogP contribution in [0.4, 0.5) is 18.9 Å². The number of likely N-dealkylation sites (tertiary alicyclic amines) is 1. The SMILES string of the molecule is O=C1N(Cc2ncc3cc(Cl)ccc3c2-c2ccnnc2)c2cnccc2C12CN(C(=O)C1(C(F)(F)F)CC1)C2. The van der Waals surface area contributed by atoms with E-state index < -0.39 is 22.9 Å². The van der Waals surface area contributed by atoms with E-state index in [1.54, 1.807) is 60.1 Å². The molecule has 0 atom stereocenters. The van der Waals surface area contributed by atoms with Crippen LogP contribution >= 0.6 is 11.6 Å². The Kier molecular flexibility index (Phi) is 5.25. The number of nitrogens with zero attached hydrogens (tertiary/aromatic N) is 6. The number of amides is 2. The van der Waals surface area contributed by atoms with Crippen LogP contribution in [0.1, 0.15) is 24.1 Å². The predicted octanol–water partition coefficient (Wildman–Crippen LogP) is 4.71. The van der Waals surface area contributed by atoms with Gasteiger partial charge in [0.2, 0.25) is 11.8 Å². The molecule has 0 radical (unpaired) electrons. The first kappa shape index (κ1) is 24.9. The molecule has 1 aromatic carbocycles. The standard InChI is InChI=1S/C28H20ClF3N6O2/c29-18-1-2-19-17(9-18)10-34-21(23(19)16-3-8-35-36-11-16)13-38-22-12-33-7-4-20(22)26(24(38)39)14-37(15-26)25(40)27(5-6-27)28(30,31)32/h1-4,7-12H,5-6,13-15H2. The Labute approximate surface area is 230 Å². The van der Waals surface area contributed by atoms with E-state index in [0.29, 0.717) is 22.0 Å². The van der Waals surface area contributed by atoms with Crippen molar-refractivity contribution < 1.29 is 22.8 Å². The molecule has 1 saturated carbocycles. The topological polar surface area (TPSA) is 92.2 Å². The summed E-state index contributed by atoms with van der Waals surface area (Å²) in [6, 6.07) is 8.96. The van der Waals surface area contributed by atoms with Crippen molar-refractivity contribution in [2.24, 2.45) is 5.41 Å². The molecule has 2 amide bonds. The van der Waals surface area contributed by atoms with Crippen LogP contribution in [0.2, 0.25) is 5.02 Å². The van der Waals surface area contributed by atoms with E-state index in [2.05, 4.69) is 20.2 Å². The van der Waals surface area contributed by atoms with Gasteiger partial charge in [0.25, 0.3) is 0 Å². The number of rotatable bonds is 4. The lowest BCUT2D eigenvalue weighted by molar-refractivity contribution is -0.202. The molecule has 2 aliphatic heterocycles. The zero-order valence-corrected chi connectivity index (χ0v) is 21.6. The van der Waals surface area contributed by atoms with E-state index in [4.69, 9.17) is 11.6 Å². The molecule has 1 spiro atoms. The number of fused-ring (bicyclic) bond motifs is 3. The van der Waals surface area contributed by atoms with Gasteiger partial charge in [-0.25, -0.2) is 0 Å². The fourth-order valence-electron chi connectivity index (χ4n) is 6.01. The summed E-state index contributed by atoms with van der Waals surface area (Å²) in [6.45, 7) is -0.141. The van der Waals surface area contributed by atoms with Gasteiger partial charge in [-0.1, -0.05) is 17.7 Å². The number of aromatic nitrogens is 4. The van der Waals surface area contributed by atoms with Gasteiger partial charge in [0.05, 0.1) is 36.5 Å². The van der Waals surface area contributed by atoms with Crippen LogP contribution in [0.5, 0.6) is 0 Å². The van der Waals surface area contributed by atoms with Crippen LogP contribution in [0.3, 0.4) is 0 Å². The fourth-order valence-corrected chi connectivity index (χ4v) is 6.19. The molecule has 7 rings (SSSR count). The molecular weight excluding hydrogens is 545 g/mol. The van der Waals surface area contributed by atoms with Crippen LogP contribution < -0.4 is 4.90 Å². The Morgan fingerprint density at radius 2 is 1.82 bits per heavy atom. The molecule has 3 aromatic heterocycles. The summed E-state index contributed by atoms with van der Waals surface area (Å²) in [5.74, 6) is -1.25. The molecule has 1 saturated heterocycles. The van der Waals surface area contributed by atoms with Crippen LogP contribution in [0, 0.1) is 5.41 Å². The normalized spacial score (nSPS) is 18.6. The monoisotopic (exact) mass is 564 g/mol. The highest BCUT2D eigenvalue weighted by atomic mass is 35.5. The Balaban J connectivity index is 1.26. The predicted molar refractivity (Wildman–Crippen MR) is 139 cm³/mol. The maximum atomic E-state index is 14.0. The van der Waals surface area contributed by atoms with E-state index in [-0.39, 0.29) is 38.4 Å². The second-order valence-corrected chi connectivity index (χ2v) is 11.0. The van der Waals surface area contributed by atoms with Crippen molar-refractivity contribution in [3.05, 3.63) is 77.6 Å². The van der Waals surface area contributed by atoms with Gasteiger partial charge in [-0.15, -0.1) is 0 Å². The van der Waals surface area contributed by atoms with Gasteiger partial charge in [0.15, 0.2) is 0 Å². The summed E-state index contributed by atoms with van der Waals surface area (Å²) in [4.78, 5) is 38.5. The lowest BCUT2D eigenvalue weighted by Gasteiger charge is -2.48. The van der Waals surface area contributed by atoms with Crippen molar-refractivity contribution in [2.75, 3.05) is 18.0 Å². The molecule has 5 heterocycles. The molecule has 0 bridgehead atoms. The highest BCUT2D eigenvalue weighted by Crippen LogP contribution is 2.60. The highest BCUT2D eigenvalue weighted by molar-refractivity contribution is 6.31. The second kappa shape index (κ2) is 8.44. The molecule has 1 aliphatic carbocycles. The first-order chi connectivity index (χ1) is 19.1. The summed E-state index contributed by atoms with van der Waals surface area (Å²) in [5, 5.41) is 10.1. The molecule has 3 aliphatic rings. The Morgan fingerprint density at radius 1 is 1.02 bits per heavy atom. The van der Waals surface area contributed by atoms with Gasteiger partial charge in [-0.05, 0) is 48.1 Å². The van der Waals surface area contributed by atoms with E-state index in [9.17, 15) is 22.8 Å². The number of carbonyl (C=O) groups excluding carboxylic acids is 2. The quantitative estimate of drug-likeness (QED) is 0.356. The maximum Gasteiger partial charge on any atom is 0.403 e. The number of hydrogen-bond donors (Lipinski definition) is 0. The van der Waals surface area contributed by atoms with Crippen LogP contribution in [0.15, 0.2) is 61.3 Å². The molecule has 0 unspecified atom stereocenters. The molecular formula is C28H20ClF3N6O2. The van der Waals surface area contributed by atoms with Gasteiger partial charge in [-0.3, -0.25) is 19.6 Å². The second-order valence-electron chi connectivity index (χ2n) is 10.5. The average molecular weight is 565 g/mol. The maximum absolute atomic E-state index is 14.0. The van der Waals surface area contributed by atoms with Crippen LogP contribution in [-0.2, 0) is 21.5 Å². The first-order valence-electron chi connectivity index (χ1n) is 12.6. The summed E-state index contributed by atoms with van der Waals surface area (Å²) in [6.07, 6.45) is 2.94. The zero-order chi connectivity index (χ0) is 27.9. The summed E-state index contributed by atoms with van der Waals surface area (Å²) in [7, 11) is 0. The van der Waals surface area contributed by atoms with Gasteiger partial charge in [-0.2, -0.15) is 23.4 Å². The molecule has 2 fully saturated rings. The van der Waals surface area contributed by atoms with Crippen LogP contribution in [0.25, 0.3) is 21.9 Å². The smallest absolute Gasteiger partial charge is 0.339 e. The summed E-state index contributed by atoms with van der Waals surface area (Å²) >= 11 is 6.21. The minimum absolute atomic E-state index is 0.0793. The average Bonchev–Trinajstić information content (AvgIpc) is 3.70. The number of halogens is 4. The number of pyridine rings is 2. The molecule has 202 valence electrons. The Bertz CT molecular complexity index is 1700. The largest absolute Gasteiger partial charge is 0.403 e. The zero-order valence-electron chi connectivity index (χ0n) is 20.8. The third-order valence-electron chi connectivity index (χ3n) is 8.28. The van der Waals surface area contributed by atoms with E-state index in [1.165, 1.54) is 0 Å². The number of anilines is 1. The molecule has 4 aromatic rings. The first-order valence-corrected chi connectivity index (χ1v) is 13.0. The van der Waals surface area contributed by atoms with Crippen LogP contribution in [-0.4, -0.2) is 56.1 Å². The van der Waals surface area contributed by atoms with Gasteiger partial charge < -0.3 is 9.80 Å². The number of benzene rings is 1. The Hall–Kier alpha value is -4.12. The van der Waals surface area contributed by atoms with Gasteiger partial charge in [0, 0.05) is 47.0 Å². The molecule has 0 N–H and O–H groups in total. The number of alkyl halides is 3. The minimum Gasteiger partial charge on any atom is -0.339 e. The lowest BCUT2D eigenvalue weighted by atomic mass is 9.74. The third kappa shape index (κ3) is 3.46. The van der Waals surface area contributed by atoms with Crippen molar-refractivity contribution in [2.45, 2.75) is 31.0 Å². The molecule has 40 heavy (non-hydrogen) atoms. The Morgan fingerprint density at radius 3 is 2.52 bits per heavy atom. The van der Waals surface area contributed by atoms with E-state index in [0.717, 1.165) is 26.8 Å². The molecule has 12 heteroatoms. The third-order valence-corrected chi connectivity index (χ3v) is 8.52. The summed E-state index contributed by atoms with van der Waals surface area (Å²) < 4.78 is 40.8. The number of carbonyl (C=O) groups is 2. The fraction of sp³-hybridized carbons (Fsp3) is 0.286. The van der Waals surface area contributed by atoms with E-state index in [1.807, 2.05) is 6.07 Å².